The molecule has 2 aromatic rings. The van der Waals surface area contributed by atoms with E-state index in [-0.39, 0.29) is 35.8 Å². The van der Waals surface area contributed by atoms with Crippen molar-refractivity contribution in [3.05, 3.63) is 58.9 Å². The van der Waals surface area contributed by atoms with E-state index in [0.29, 0.717) is 42.6 Å². The minimum absolute atomic E-state index is 0.0865. The zero-order valence-electron chi connectivity index (χ0n) is 17.5. The van der Waals surface area contributed by atoms with E-state index >= 15 is 0 Å². The number of carbonyl (C=O) groups is 1. The molecule has 2 aliphatic rings. The van der Waals surface area contributed by atoms with Crippen molar-refractivity contribution in [1.82, 2.24) is 9.21 Å². The molecule has 1 aliphatic carbocycles. The average Bonchev–Trinajstić information content (AvgIpc) is 3.62. The van der Waals surface area contributed by atoms with Crippen molar-refractivity contribution in [2.75, 3.05) is 38.2 Å². The second-order valence-electron chi connectivity index (χ2n) is 7.93. The van der Waals surface area contributed by atoms with Gasteiger partial charge in [-0.2, -0.15) is 4.31 Å². The molecule has 4 rings (SSSR count). The first-order valence-corrected chi connectivity index (χ1v) is 12.3. The zero-order chi connectivity index (χ0) is 22.7. The second-order valence-corrected chi connectivity index (χ2v) is 10.3. The molecule has 0 bridgehead atoms. The van der Waals surface area contributed by atoms with Crippen LogP contribution in [0.3, 0.4) is 0 Å². The Hall–Kier alpha value is -2.04. The third kappa shape index (κ3) is 5.47. The molecule has 0 spiro atoms. The molecule has 2 fully saturated rings. The van der Waals surface area contributed by atoms with Gasteiger partial charge in [0.1, 0.15) is 5.82 Å². The van der Waals surface area contributed by atoms with E-state index in [9.17, 15) is 17.6 Å². The van der Waals surface area contributed by atoms with Gasteiger partial charge in [0.25, 0.3) is 0 Å². The predicted molar refractivity (Wildman–Crippen MR) is 119 cm³/mol. The van der Waals surface area contributed by atoms with Crippen LogP contribution in [-0.2, 0) is 26.1 Å². The normalized spacial score (nSPS) is 17.5. The van der Waals surface area contributed by atoms with Crippen LogP contribution in [0.2, 0.25) is 5.02 Å². The van der Waals surface area contributed by atoms with Crippen LogP contribution < -0.4 is 5.32 Å². The van der Waals surface area contributed by atoms with Crippen molar-refractivity contribution in [1.29, 1.82) is 0 Å². The standard InChI is InChI=1S/C22H25ClFN3O4S/c23-20-2-1-3-21(24)19(20)14-26(17-6-7-17)15-22(28)25-16-4-8-18(9-5-16)32(29,30)27-10-12-31-13-11-27/h1-5,8-9,17H,6-7,10-15H2,(H,25,28). The maximum Gasteiger partial charge on any atom is 0.243 e. The van der Waals surface area contributed by atoms with Crippen LogP contribution in [0.1, 0.15) is 18.4 Å². The number of rotatable bonds is 8. The minimum atomic E-state index is -3.59. The number of nitrogens with one attached hydrogen (secondary N) is 1. The van der Waals surface area contributed by atoms with Crippen LogP contribution in [-0.4, -0.2) is 62.4 Å². The Bertz CT molecular complexity index is 1050. The molecular weight excluding hydrogens is 457 g/mol. The molecule has 172 valence electrons. The maximum atomic E-state index is 14.2. The van der Waals surface area contributed by atoms with Gasteiger partial charge in [0.05, 0.1) is 24.7 Å². The summed E-state index contributed by atoms with van der Waals surface area (Å²) in [5.41, 5.74) is 0.877. The molecule has 1 saturated heterocycles. The number of morpholine rings is 1. The number of hydrogen-bond acceptors (Lipinski definition) is 5. The van der Waals surface area contributed by atoms with Crippen LogP contribution in [0.15, 0.2) is 47.4 Å². The van der Waals surface area contributed by atoms with Gasteiger partial charge in [-0.05, 0) is 49.2 Å². The second kappa shape index (κ2) is 9.84. The highest BCUT2D eigenvalue weighted by Crippen LogP contribution is 2.30. The third-order valence-electron chi connectivity index (χ3n) is 5.58. The van der Waals surface area contributed by atoms with Gasteiger partial charge in [0, 0.05) is 41.9 Å². The SMILES string of the molecule is O=C(CN(Cc1c(F)cccc1Cl)C1CC1)Nc1ccc(S(=O)(=O)N2CCOCC2)cc1. The summed E-state index contributed by atoms with van der Waals surface area (Å²) in [5.74, 6) is -0.645. The van der Waals surface area contributed by atoms with Crippen molar-refractivity contribution < 1.29 is 22.3 Å². The van der Waals surface area contributed by atoms with Gasteiger partial charge < -0.3 is 10.1 Å². The summed E-state index contributed by atoms with van der Waals surface area (Å²) >= 11 is 6.15. The van der Waals surface area contributed by atoms with Crippen LogP contribution in [0.4, 0.5) is 10.1 Å². The lowest BCUT2D eigenvalue weighted by Gasteiger charge is -2.26. The quantitative estimate of drug-likeness (QED) is 0.626. The lowest BCUT2D eigenvalue weighted by molar-refractivity contribution is -0.117. The van der Waals surface area contributed by atoms with Gasteiger partial charge in [0.15, 0.2) is 0 Å². The van der Waals surface area contributed by atoms with E-state index in [2.05, 4.69) is 5.32 Å². The topological polar surface area (TPSA) is 79.0 Å². The molecule has 1 saturated carbocycles. The Kier molecular flexibility index (Phi) is 7.11. The van der Waals surface area contributed by atoms with Gasteiger partial charge in [-0.1, -0.05) is 17.7 Å². The van der Waals surface area contributed by atoms with Crippen LogP contribution in [0.5, 0.6) is 0 Å². The molecule has 1 amide bonds. The molecule has 0 unspecified atom stereocenters. The molecular formula is C22H25ClFN3O4S. The highest BCUT2D eigenvalue weighted by Gasteiger charge is 2.31. The molecule has 2 aromatic carbocycles. The van der Waals surface area contributed by atoms with Crippen molar-refractivity contribution in [3.8, 4) is 0 Å². The van der Waals surface area contributed by atoms with Crippen LogP contribution in [0.25, 0.3) is 0 Å². The van der Waals surface area contributed by atoms with E-state index in [0.717, 1.165) is 12.8 Å². The molecule has 7 nitrogen and oxygen atoms in total. The summed E-state index contributed by atoms with van der Waals surface area (Å²) in [6.45, 7) is 1.74. The Morgan fingerprint density at radius 3 is 2.47 bits per heavy atom. The van der Waals surface area contributed by atoms with E-state index in [4.69, 9.17) is 16.3 Å². The first-order chi connectivity index (χ1) is 15.3. The number of sulfonamides is 1. The number of nitrogens with zero attached hydrogens (tertiary/aromatic N) is 2. The molecule has 1 heterocycles. The molecule has 0 atom stereocenters. The highest BCUT2D eigenvalue weighted by molar-refractivity contribution is 7.89. The van der Waals surface area contributed by atoms with Crippen LogP contribution in [0, 0.1) is 5.82 Å². The zero-order valence-corrected chi connectivity index (χ0v) is 19.0. The fraction of sp³-hybridized carbons (Fsp3) is 0.409. The number of hydrogen-bond donors (Lipinski definition) is 1. The van der Waals surface area contributed by atoms with Gasteiger partial charge in [-0.3, -0.25) is 9.69 Å². The van der Waals surface area contributed by atoms with Crippen molar-refractivity contribution in [2.45, 2.75) is 30.3 Å². The van der Waals surface area contributed by atoms with E-state index in [1.54, 1.807) is 24.3 Å². The number of carbonyl (C=O) groups excluding carboxylic acids is 1. The Balaban J connectivity index is 1.39. The minimum Gasteiger partial charge on any atom is -0.379 e. The van der Waals surface area contributed by atoms with Crippen molar-refractivity contribution >= 4 is 33.2 Å². The summed E-state index contributed by atoms with van der Waals surface area (Å²) in [5, 5.41) is 3.13. The number of ether oxygens (including phenoxy) is 1. The summed E-state index contributed by atoms with van der Waals surface area (Å²) in [7, 11) is -3.59. The smallest absolute Gasteiger partial charge is 0.243 e. The lowest BCUT2D eigenvalue weighted by Crippen LogP contribution is -2.40. The monoisotopic (exact) mass is 481 g/mol. The fourth-order valence-electron chi connectivity index (χ4n) is 3.67. The Morgan fingerprint density at radius 2 is 1.84 bits per heavy atom. The van der Waals surface area contributed by atoms with E-state index < -0.39 is 10.0 Å². The first-order valence-electron chi connectivity index (χ1n) is 10.5. The molecule has 10 heteroatoms. The third-order valence-corrected chi connectivity index (χ3v) is 7.85. The van der Waals surface area contributed by atoms with Gasteiger partial charge in [-0.25, -0.2) is 12.8 Å². The van der Waals surface area contributed by atoms with E-state index in [1.807, 2.05) is 4.90 Å². The van der Waals surface area contributed by atoms with Crippen LogP contribution >= 0.6 is 11.6 Å². The predicted octanol–water partition coefficient (Wildman–Crippen LogP) is 3.10. The van der Waals surface area contributed by atoms with E-state index in [1.165, 1.54) is 22.5 Å². The molecule has 1 N–H and O–H groups in total. The summed E-state index contributed by atoms with van der Waals surface area (Å²) in [6.07, 6.45) is 1.90. The van der Waals surface area contributed by atoms with Crippen molar-refractivity contribution in [2.24, 2.45) is 0 Å². The fourth-order valence-corrected chi connectivity index (χ4v) is 5.30. The molecule has 1 aliphatic heterocycles. The number of halogens is 2. The maximum absolute atomic E-state index is 14.2. The summed E-state index contributed by atoms with van der Waals surface area (Å²) < 4.78 is 46.2. The largest absolute Gasteiger partial charge is 0.379 e. The average molecular weight is 482 g/mol. The Morgan fingerprint density at radius 1 is 1.16 bits per heavy atom. The number of amides is 1. The van der Waals surface area contributed by atoms with Gasteiger partial charge >= 0.3 is 0 Å². The first kappa shape index (κ1) is 23.1. The van der Waals surface area contributed by atoms with Gasteiger partial charge in [0.2, 0.25) is 15.9 Å². The molecule has 0 aromatic heterocycles. The summed E-state index contributed by atoms with van der Waals surface area (Å²) in [6, 6.07) is 10.9. The number of benzene rings is 2. The molecule has 0 radical (unpaired) electrons. The lowest BCUT2D eigenvalue weighted by atomic mass is 10.2. The van der Waals surface area contributed by atoms with Crippen molar-refractivity contribution in [3.63, 3.8) is 0 Å². The summed E-state index contributed by atoms with van der Waals surface area (Å²) in [4.78, 5) is 14.7. The Labute approximate surface area is 192 Å². The number of anilines is 1. The highest BCUT2D eigenvalue weighted by atomic mass is 35.5. The van der Waals surface area contributed by atoms with Gasteiger partial charge in [-0.15, -0.1) is 0 Å². The molecule has 32 heavy (non-hydrogen) atoms.